The molecule has 2 rings (SSSR count). The molecule has 4 nitrogen and oxygen atoms in total. The Morgan fingerprint density at radius 3 is 2.76 bits per heavy atom. The van der Waals surface area contributed by atoms with Crippen LogP contribution in [-0.2, 0) is 13.2 Å². The fourth-order valence-electron chi connectivity index (χ4n) is 1.63. The zero-order valence-corrected chi connectivity index (χ0v) is 11.5. The van der Waals surface area contributed by atoms with Gasteiger partial charge in [0.05, 0.1) is 5.02 Å². The van der Waals surface area contributed by atoms with E-state index in [0.717, 1.165) is 15.9 Å². The summed E-state index contributed by atoms with van der Waals surface area (Å²) in [5.41, 5.74) is 0.912. The van der Waals surface area contributed by atoms with Crippen molar-refractivity contribution in [3.63, 3.8) is 0 Å². The van der Waals surface area contributed by atoms with E-state index in [0.29, 0.717) is 17.4 Å². The fourth-order valence-corrected chi connectivity index (χ4v) is 2.13. The van der Waals surface area contributed by atoms with E-state index in [-0.39, 0.29) is 6.61 Å². The van der Waals surface area contributed by atoms with E-state index in [2.05, 4.69) is 26.1 Å². The van der Waals surface area contributed by atoms with Gasteiger partial charge in [0, 0.05) is 16.6 Å². The Hall–Kier alpha value is -0.910. The molecule has 0 bridgehead atoms. The molecule has 0 saturated heterocycles. The number of hydrogen-bond acceptors (Lipinski definition) is 3. The number of hydrogen-bond donors (Lipinski definition) is 1. The number of rotatable bonds is 3. The molecule has 1 aromatic carbocycles. The maximum absolute atomic E-state index is 9.15. The molecule has 1 aromatic heterocycles. The lowest BCUT2D eigenvalue weighted by Gasteiger charge is -2.06. The van der Waals surface area contributed by atoms with Crippen molar-refractivity contribution in [2.45, 2.75) is 20.1 Å². The molecule has 0 aliphatic rings. The average Bonchev–Trinajstić information content (AvgIpc) is 2.75. The van der Waals surface area contributed by atoms with Crippen molar-refractivity contribution in [2.75, 3.05) is 0 Å². The number of aliphatic hydroxyl groups is 1. The third kappa shape index (κ3) is 2.36. The minimum Gasteiger partial charge on any atom is -0.388 e. The van der Waals surface area contributed by atoms with Gasteiger partial charge in [-0.1, -0.05) is 11.6 Å². The van der Waals surface area contributed by atoms with E-state index >= 15 is 0 Å². The van der Waals surface area contributed by atoms with E-state index in [1.807, 2.05) is 23.6 Å². The smallest absolute Gasteiger partial charge is 0.164 e. The van der Waals surface area contributed by atoms with Gasteiger partial charge in [0.15, 0.2) is 11.6 Å². The summed E-state index contributed by atoms with van der Waals surface area (Å²) in [6, 6.07) is 5.57. The molecule has 6 heteroatoms. The number of nitrogens with zero attached hydrogens (tertiary/aromatic N) is 3. The largest absolute Gasteiger partial charge is 0.388 e. The van der Waals surface area contributed by atoms with Gasteiger partial charge in [-0.3, -0.25) is 0 Å². The van der Waals surface area contributed by atoms with E-state index in [4.69, 9.17) is 16.7 Å². The third-order valence-corrected chi connectivity index (χ3v) is 3.68. The molecule has 1 N–H and O–H groups in total. The summed E-state index contributed by atoms with van der Waals surface area (Å²) in [6.45, 7) is 2.57. The quantitative estimate of drug-likeness (QED) is 0.947. The molecule has 0 spiro atoms. The maximum atomic E-state index is 9.15. The highest BCUT2D eigenvalue weighted by Crippen LogP contribution is 2.28. The van der Waals surface area contributed by atoms with Crippen LogP contribution in [0.5, 0.6) is 0 Å². The lowest BCUT2D eigenvalue weighted by atomic mass is 10.2. The van der Waals surface area contributed by atoms with E-state index < -0.39 is 0 Å². The average molecular weight is 317 g/mol. The second kappa shape index (κ2) is 5.16. The predicted octanol–water partition coefficient (Wildman–Crippen LogP) is 2.87. The Morgan fingerprint density at radius 1 is 1.41 bits per heavy atom. The lowest BCUT2D eigenvalue weighted by Crippen LogP contribution is -2.03. The molecule has 0 amide bonds. The summed E-state index contributed by atoms with van der Waals surface area (Å²) >= 11 is 9.32. The van der Waals surface area contributed by atoms with Gasteiger partial charge in [0.1, 0.15) is 6.61 Å². The molecule has 0 aliphatic heterocycles. The first-order valence-corrected chi connectivity index (χ1v) is 6.32. The van der Waals surface area contributed by atoms with E-state index in [9.17, 15) is 0 Å². The minimum absolute atomic E-state index is 0.115. The Morgan fingerprint density at radius 2 is 2.18 bits per heavy atom. The van der Waals surface area contributed by atoms with Crippen LogP contribution in [0.3, 0.4) is 0 Å². The molecule has 0 fully saturated rings. The van der Waals surface area contributed by atoms with Gasteiger partial charge in [-0.15, -0.1) is 10.2 Å². The molecule has 0 radical (unpaired) electrons. The highest BCUT2D eigenvalue weighted by molar-refractivity contribution is 9.10. The van der Waals surface area contributed by atoms with Gasteiger partial charge in [0.25, 0.3) is 0 Å². The van der Waals surface area contributed by atoms with Crippen LogP contribution in [0.4, 0.5) is 0 Å². The third-order valence-electron chi connectivity index (χ3n) is 2.46. The summed E-state index contributed by atoms with van der Waals surface area (Å²) < 4.78 is 2.68. The summed E-state index contributed by atoms with van der Waals surface area (Å²) in [5, 5.41) is 17.8. The molecule has 0 saturated carbocycles. The van der Waals surface area contributed by atoms with Gasteiger partial charge in [-0.2, -0.15) is 0 Å². The van der Waals surface area contributed by atoms with Crippen LogP contribution in [0.2, 0.25) is 5.02 Å². The summed E-state index contributed by atoms with van der Waals surface area (Å²) in [6.07, 6.45) is 0. The van der Waals surface area contributed by atoms with Crippen LogP contribution in [0.1, 0.15) is 12.7 Å². The number of halogens is 2. The summed E-state index contributed by atoms with van der Waals surface area (Å²) in [7, 11) is 0. The molecule has 0 aliphatic carbocycles. The molecule has 0 unspecified atom stereocenters. The first-order valence-electron chi connectivity index (χ1n) is 5.15. The van der Waals surface area contributed by atoms with E-state index in [1.165, 1.54) is 0 Å². The molecule has 17 heavy (non-hydrogen) atoms. The SMILES string of the molecule is CCn1c(CO)nnc1-c1ccc(Cl)c(Br)c1. The van der Waals surface area contributed by atoms with Gasteiger partial charge in [-0.25, -0.2) is 0 Å². The van der Waals surface area contributed by atoms with Crippen molar-refractivity contribution in [3.05, 3.63) is 33.5 Å². The van der Waals surface area contributed by atoms with Crippen LogP contribution in [0.15, 0.2) is 22.7 Å². The molecule has 2 aromatic rings. The Balaban J connectivity index is 2.52. The van der Waals surface area contributed by atoms with Crippen LogP contribution < -0.4 is 0 Å². The molecule has 90 valence electrons. The first-order chi connectivity index (χ1) is 8.17. The second-order valence-electron chi connectivity index (χ2n) is 3.47. The van der Waals surface area contributed by atoms with Gasteiger partial charge >= 0.3 is 0 Å². The van der Waals surface area contributed by atoms with Crippen LogP contribution >= 0.6 is 27.5 Å². The van der Waals surface area contributed by atoms with Gasteiger partial charge < -0.3 is 9.67 Å². The topological polar surface area (TPSA) is 50.9 Å². The van der Waals surface area contributed by atoms with E-state index in [1.54, 1.807) is 6.07 Å². The Kier molecular flexibility index (Phi) is 3.81. The number of aliphatic hydroxyl groups excluding tert-OH is 1. The predicted molar refractivity (Wildman–Crippen MR) is 69.8 cm³/mol. The van der Waals surface area contributed by atoms with Crippen molar-refractivity contribution in [3.8, 4) is 11.4 Å². The summed E-state index contributed by atoms with van der Waals surface area (Å²) in [4.78, 5) is 0. The van der Waals surface area contributed by atoms with Gasteiger partial charge in [-0.05, 0) is 41.1 Å². The van der Waals surface area contributed by atoms with Crippen LogP contribution in [-0.4, -0.2) is 19.9 Å². The lowest BCUT2D eigenvalue weighted by molar-refractivity contribution is 0.265. The number of benzene rings is 1. The fraction of sp³-hybridized carbons (Fsp3) is 0.273. The summed E-state index contributed by atoms with van der Waals surface area (Å²) in [5.74, 6) is 1.29. The molecular formula is C11H11BrClN3O. The molecule has 1 heterocycles. The van der Waals surface area contributed by atoms with Crippen LogP contribution in [0, 0.1) is 0 Å². The Bertz CT molecular complexity index is 542. The van der Waals surface area contributed by atoms with Crippen molar-refractivity contribution in [1.29, 1.82) is 0 Å². The van der Waals surface area contributed by atoms with Crippen molar-refractivity contribution in [1.82, 2.24) is 14.8 Å². The zero-order chi connectivity index (χ0) is 12.4. The maximum Gasteiger partial charge on any atom is 0.164 e. The monoisotopic (exact) mass is 315 g/mol. The molecular weight excluding hydrogens is 305 g/mol. The van der Waals surface area contributed by atoms with Crippen molar-refractivity contribution < 1.29 is 5.11 Å². The van der Waals surface area contributed by atoms with Gasteiger partial charge in [0.2, 0.25) is 0 Å². The second-order valence-corrected chi connectivity index (χ2v) is 4.73. The first kappa shape index (κ1) is 12.5. The van der Waals surface area contributed by atoms with Crippen LogP contribution in [0.25, 0.3) is 11.4 Å². The van der Waals surface area contributed by atoms with Crippen molar-refractivity contribution >= 4 is 27.5 Å². The highest BCUT2D eigenvalue weighted by atomic mass is 79.9. The minimum atomic E-state index is -0.115. The Labute approximate surface area is 112 Å². The van der Waals surface area contributed by atoms with Crippen molar-refractivity contribution in [2.24, 2.45) is 0 Å². The highest BCUT2D eigenvalue weighted by Gasteiger charge is 2.12. The molecule has 0 atom stereocenters. The normalized spacial score (nSPS) is 10.8. The standard InChI is InChI=1S/C11H11BrClN3O/c1-2-16-10(6-17)14-15-11(16)7-3-4-9(13)8(12)5-7/h3-5,17H,2,6H2,1H3. The number of aromatic nitrogens is 3. The zero-order valence-electron chi connectivity index (χ0n) is 9.19.